The highest BCUT2D eigenvalue weighted by atomic mass is 32.2. The fourth-order valence-corrected chi connectivity index (χ4v) is 4.13. The van der Waals surface area contributed by atoms with Crippen molar-refractivity contribution in [3.63, 3.8) is 0 Å². The zero-order valence-corrected chi connectivity index (χ0v) is 13.7. The lowest BCUT2D eigenvalue weighted by Crippen LogP contribution is -2.30. The average Bonchev–Trinajstić information content (AvgIpc) is 3.22. The number of rotatable bonds is 5. The second-order valence-electron chi connectivity index (χ2n) is 5.57. The van der Waals surface area contributed by atoms with Crippen LogP contribution in [-0.2, 0) is 20.6 Å². The number of benzene rings is 1. The maximum atomic E-state index is 12.8. The first-order chi connectivity index (χ1) is 12.1. The van der Waals surface area contributed by atoms with E-state index in [9.17, 15) is 13.2 Å². The number of carbonyl (C=O) groups excluding carboxylic acids is 1. The second-order valence-corrected chi connectivity index (χ2v) is 7.39. The van der Waals surface area contributed by atoms with Crippen molar-refractivity contribution in [2.45, 2.75) is 5.75 Å². The molecule has 0 atom stereocenters. The number of anilines is 1. The minimum Gasteiger partial charge on any atom is -0.361 e. The molecule has 0 fully saturated rings. The molecule has 125 valence electrons. The van der Waals surface area contributed by atoms with Gasteiger partial charge in [-0.2, -0.15) is 4.31 Å². The lowest BCUT2D eigenvalue weighted by molar-refractivity contribution is 0.553. The lowest BCUT2D eigenvalue weighted by atomic mass is 10.2. The van der Waals surface area contributed by atoms with Crippen LogP contribution in [0.25, 0.3) is 21.9 Å². The van der Waals surface area contributed by atoms with Gasteiger partial charge < -0.3 is 9.97 Å². The van der Waals surface area contributed by atoms with Crippen LogP contribution in [0.1, 0.15) is 5.56 Å². The van der Waals surface area contributed by atoms with Gasteiger partial charge in [0.2, 0.25) is 10.0 Å². The number of H-pyrrole nitrogens is 2. The zero-order chi connectivity index (χ0) is 17.4. The van der Waals surface area contributed by atoms with E-state index in [0.717, 1.165) is 10.9 Å². The Labute approximate surface area is 143 Å². The van der Waals surface area contributed by atoms with E-state index in [1.54, 1.807) is 48.9 Å². The predicted molar refractivity (Wildman–Crippen MR) is 95.2 cm³/mol. The number of hydrogen-bond donors (Lipinski definition) is 2. The number of sulfonamides is 1. The molecule has 1 aromatic carbocycles. The Kier molecular flexibility index (Phi) is 3.54. The molecule has 1 amide bonds. The maximum absolute atomic E-state index is 12.8. The van der Waals surface area contributed by atoms with Crippen molar-refractivity contribution in [2.75, 3.05) is 4.31 Å². The molecule has 0 saturated heterocycles. The molecule has 0 aliphatic rings. The van der Waals surface area contributed by atoms with Crippen LogP contribution in [0.3, 0.4) is 0 Å². The molecule has 0 unspecified atom stereocenters. The highest BCUT2D eigenvalue weighted by molar-refractivity contribution is 7.92. The van der Waals surface area contributed by atoms with Gasteiger partial charge in [-0.25, -0.2) is 13.4 Å². The Morgan fingerprint density at radius 1 is 1.16 bits per heavy atom. The van der Waals surface area contributed by atoms with E-state index in [1.807, 2.05) is 6.07 Å². The number of nitrogens with one attached hydrogen (secondary N) is 2. The van der Waals surface area contributed by atoms with Crippen LogP contribution < -0.4 is 4.31 Å². The summed E-state index contributed by atoms with van der Waals surface area (Å²) in [4.78, 5) is 21.5. The lowest BCUT2D eigenvalue weighted by Gasteiger charge is -2.16. The molecule has 3 aromatic heterocycles. The SMILES string of the molecule is O=[C]N(c1ccc2cc[nH]c2c1)S(=O)(=O)Cc1c[nH]c2ncccc12. The first-order valence-corrected chi connectivity index (χ1v) is 9.08. The van der Waals surface area contributed by atoms with Gasteiger partial charge in [0.05, 0.1) is 11.4 Å². The van der Waals surface area contributed by atoms with E-state index in [0.29, 0.717) is 20.9 Å². The molecule has 0 saturated carbocycles. The first kappa shape index (κ1) is 15.4. The van der Waals surface area contributed by atoms with E-state index in [2.05, 4.69) is 15.0 Å². The van der Waals surface area contributed by atoms with Gasteiger partial charge >= 0.3 is 6.41 Å². The number of aromatic amines is 2. The van der Waals surface area contributed by atoms with Gasteiger partial charge in [-0.15, -0.1) is 0 Å². The summed E-state index contributed by atoms with van der Waals surface area (Å²) in [5, 5.41) is 1.63. The molecule has 0 aliphatic heterocycles. The quantitative estimate of drug-likeness (QED) is 0.538. The van der Waals surface area contributed by atoms with Crippen LogP contribution in [0.4, 0.5) is 5.69 Å². The summed E-state index contributed by atoms with van der Waals surface area (Å²) < 4.78 is 26.2. The van der Waals surface area contributed by atoms with E-state index >= 15 is 0 Å². The van der Waals surface area contributed by atoms with Crippen molar-refractivity contribution in [3.05, 3.63) is 60.6 Å². The highest BCUT2D eigenvalue weighted by Crippen LogP contribution is 2.25. The van der Waals surface area contributed by atoms with E-state index < -0.39 is 10.0 Å². The van der Waals surface area contributed by atoms with Crippen molar-refractivity contribution in [2.24, 2.45) is 0 Å². The van der Waals surface area contributed by atoms with E-state index in [1.165, 1.54) is 6.41 Å². The summed E-state index contributed by atoms with van der Waals surface area (Å²) >= 11 is 0. The predicted octanol–water partition coefficient (Wildman–Crippen LogP) is 2.45. The van der Waals surface area contributed by atoms with Gasteiger partial charge in [-0.05, 0) is 41.3 Å². The van der Waals surface area contributed by atoms with Gasteiger partial charge in [-0.1, -0.05) is 6.07 Å². The summed E-state index contributed by atoms with van der Waals surface area (Å²) in [6, 6.07) is 10.3. The van der Waals surface area contributed by atoms with Crippen LogP contribution in [0, 0.1) is 0 Å². The van der Waals surface area contributed by atoms with Gasteiger partial charge in [0.25, 0.3) is 0 Å². The minimum absolute atomic E-state index is 0.239. The van der Waals surface area contributed by atoms with Crippen LogP contribution >= 0.6 is 0 Å². The minimum atomic E-state index is -3.94. The molecule has 0 spiro atoms. The van der Waals surface area contributed by atoms with Crippen molar-refractivity contribution in [3.8, 4) is 0 Å². The Hall–Kier alpha value is -3.13. The fourth-order valence-electron chi connectivity index (χ4n) is 2.83. The molecular formula is C17H13N4O3S. The normalized spacial score (nSPS) is 11.8. The number of pyridine rings is 1. The molecule has 8 heteroatoms. The van der Waals surface area contributed by atoms with Crippen LogP contribution in [0.15, 0.2) is 55.0 Å². The van der Waals surface area contributed by atoms with Crippen molar-refractivity contribution < 1.29 is 13.2 Å². The molecule has 4 rings (SSSR count). The van der Waals surface area contributed by atoms with Crippen LogP contribution in [-0.4, -0.2) is 29.8 Å². The molecule has 4 aromatic rings. The van der Waals surface area contributed by atoms with Gasteiger partial charge in [0, 0.05) is 29.5 Å². The Bertz CT molecular complexity index is 1180. The maximum Gasteiger partial charge on any atom is 0.331 e. The topological polar surface area (TPSA) is 98.9 Å². The summed E-state index contributed by atoms with van der Waals surface area (Å²) in [6.45, 7) is 0. The monoisotopic (exact) mass is 353 g/mol. The average molecular weight is 353 g/mol. The molecule has 0 bridgehead atoms. The van der Waals surface area contributed by atoms with E-state index in [4.69, 9.17) is 0 Å². The van der Waals surface area contributed by atoms with Crippen molar-refractivity contribution in [1.29, 1.82) is 0 Å². The largest absolute Gasteiger partial charge is 0.361 e. The van der Waals surface area contributed by atoms with Gasteiger partial charge in [-0.3, -0.25) is 4.79 Å². The summed E-state index contributed by atoms with van der Waals surface area (Å²) in [7, 11) is -3.94. The van der Waals surface area contributed by atoms with Crippen LogP contribution in [0.2, 0.25) is 0 Å². The Morgan fingerprint density at radius 2 is 2.04 bits per heavy atom. The zero-order valence-electron chi connectivity index (χ0n) is 12.9. The number of aromatic nitrogens is 3. The molecule has 0 aliphatic carbocycles. The summed E-state index contributed by atoms with van der Waals surface area (Å²) in [5.41, 5.74) is 2.12. The fraction of sp³-hybridized carbons (Fsp3) is 0.0588. The number of fused-ring (bicyclic) bond motifs is 2. The standard InChI is InChI=1S/C17H13N4O3S/c22-11-21(14-4-3-12-5-7-18-16(12)8-14)25(23,24)10-13-9-20-17-15(13)2-1-6-19-17/h1-9,18H,10H2,(H,19,20). The Balaban J connectivity index is 1.72. The molecule has 3 heterocycles. The molecule has 25 heavy (non-hydrogen) atoms. The van der Waals surface area contributed by atoms with E-state index in [-0.39, 0.29) is 11.4 Å². The molecule has 2 N–H and O–H groups in total. The third kappa shape index (κ3) is 2.66. The number of hydrogen-bond acceptors (Lipinski definition) is 4. The van der Waals surface area contributed by atoms with Crippen molar-refractivity contribution in [1.82, 2.24) is 15.0 Å². The van der Waals surface area contributed by atoms with Crippen molar-refractivity contribution >= 4 is 44.1 Å². The molecule has 1 radical (unpaired) electrons. The summed E-state index contributed by atoms with van der Waals surface area (Å²) in [5.74, 6) is -0.337. The second kappa shape index (κ2) is 5.75. The first-order valence-electron chi connectivity index (χ1n) is 7.47. The molecular weight excluding hydrogens is 340 g/mol. The number of nitrogens with zero attached hydrogens (tertiary/aromatic N) is 2. The number of amides is 1. The van der Waals surface area contributed by atoms with Crippen LogP contribution in [0.5, 0.6) is 0 Å². The Morgan fingerprint density at radius 3 is 2.88 bits per heavy atom. The van der Waals surface area contributed by atoms with Gasteiger partial charge in [0.15, 0.2) is 0 Å². The third-order valence-electron chi connectivity index (χ3n) is 4.01. The smallest absolute Gasteiger partial charge is 0.331 e. The third-order valence-corrected chi connectivity index (χ3v) is 5.53. The highest BCUT2D eigenvalue weighted by Gasteiger charge is 2.25. The van der Waals surface area contributed by atoms with Gasteiger partial charge in [0.1, 0.15) is 5.65 Å². The summed E-state index contributed by atoms with van der Waals surface area (Å²) in [6.07, 6.45) is 6.49. The molecule has 7 nitrogen and oxygen atoms in total.